The van der Waals surface area contributed by atoms with E-state index in [2.05, 4.69) is 21.7 Å². The molecular formula is C16H22N4O4. The van der Waals surface area contributed by atoms with Crippen LogP contribution >= 0.6 is 0 Å². The van der Waals surface area contributed by atoms with Crippen molar-refractivity contribution in [3.8, 4) is 5.75 Å². The lowest BCUT2D eigenvalue weighted by atomic mass is 10.00. The highest BCUT2D eigenvalue weighted by Gasteiger charge is 2.32. The molecule has 1 aromatic rings. The predicted octanol–water partition coefficient (Wildman–Crippen LogP) is 1.87. The van der Waals surface area contributed by atoms with Gasteiger partial charge in [-0.25, -0.2) is 0 Å². The van der Waals surface area contributed by atoms with Crippen molar-refractivity contribution >= 4 is 23.0 Å². The van der Waals surface area contributed by atoms with E-state index in [0.717, 1.165) is 25.6 Å². The smallest absolute Gasteiger partial charge is 0.313 e. The average molecular weight is 334 g/mol. The molecule has 0 radical (unpaired) electrons. The van der Waals surface area contributed by atoms with E-state index in [4.69, 9.17) is 4.74 Å². The number of nitro groups is 1. The molecule has 0 aromatic heterocycles. The van der Waals surface area contributed by atoms with Crippen molar-refractivity contribution in [3.63, 3.8) is 0 Å². The van der Waals surface area contributed by atoms with Crippen molar-refractivity contribution in [3.05, 3.63) is 34.9 Å². The van der Waals surface area contributed by atoms with E-state index in [1.165, 1.54) is 13.2 Å². The van der Waals surface area contributed by atoms with Crippen molar-refractivity contribution in [1.29, 1.82) is 0 Å². The van der Waals surface area contributed by atoms with Gasteiger partial charge in [0.1, 0.15) is 0 Å². The standard InChI is InChI=1S/C16H22N4O4/c1-5-16(21)17-12-8-14(20(22)23)15(24-4)9-13(12)19-7-6-11(19)10-18(2)3/h5,8-9,11H,1,6-7,10H2,2-4H3,(H,17,21). The second-order valence-electron chi connectivity index (χ2n) is 5.89. The number of benzene rings is 1. The zero-order valence-corrected chi connectivity index (χ0v) is 14.1. The Morgan fingerprint density at radius 3 is 2.75 bits per heavy atom. The largest absolute Gasteiger partial charge is 0.490 e. The SMILES string of the molecule is C=CC(=O)Nc1cc([N+](=O)[O-])c(OC)cc1N1CCC1CN(C)C. The number of anilines is 2. The third-order valence-corrected chi connectivity index (χ3v) is 3.97. The lowest BCUT2D eigenvalue weighted by Gasteiger charge is -2.44. The van der Waals surface area contributed by atoms with Crippen LogP contribution in [0.3, 0.4) is 0 Å². The number of hydrogen-bond acceptors (Lipinski definition) is 6. The van der Waals surface area contributed by atoms with Gasteiger partial charge in [0.25, 0.3) is 0 Å². The number of amides is 1. The van der Waals surface area contributed by atoms with Crippen LogP contribution in [-0.4, -0.2) is 56.1 Å². The summed E-state index contributed by atoms with van der Waals surface area (Å²) in [5, 5.41) is 13.9. The van der Waals surface area contributed by atoms with Gasteiger partial charge in [-0.2, -0.15) is 0 Å². The van der Waals surface area contributed by atoms with E-state index in [9.17, 15) is 14.9 Å². The first-order valence-corrected chi connectivity index (χ1v) is 7.58. The molecule has 1 N–H and O–H groups in total. The monoisotopic (exact) mass is 334 g/mol. The fourth-order valence-electron chi connectivity index (χ4n) is 2.75. The summed E-state index contributed by atoms with van der Waals surface area (Å²) >= 11 is 0. The van der Waals surface area contributed by atoms with E-state index < -0.39 is 10.8 Å². The molecule has 0 aliphatic carbocycles. The number of ether oxygens (including phenoxy) is 1. The molecule has 8 nitrogen and oxygen atoms in total. The van der Waals surface area contributed by atoms with Crippen LogP contribution in [0.1, 0.15) is 6.42 Å². The van der Waals surface area contributed by atoms with Gasteiger partial charge in [0.15, 0.2) is 5.75 Å². The Bertz CT molecular complexity index is 660. The summed E-state index contributed by atoms with van der Waals surface area (Å²) in [5.41, 5.74) is 0.909. The predicted molar refractivity (Wildman–Crippen MR) is 92.8 cm³/mol. The highest BCUT2D eigenvalue weighted by atomic mass is 16.6. The number of methoxy groups -OCH3 is 1. The summed E-state index contributed by atoms with van der Waals surface area (Å²) in [4.78, 5) is 26.6. The molecule has 130 valence electrons. The number of likely N-dealkylation sites (N-methyl/N-ethyl adjacent to an activating group) is 1. The van der Waals surface area contributed by atoms with Crippen molar-refractivity contribution in [2.45, 2.75) is 12.5 Å². The van der Waals surface area contributed by atoms with E-state index in [1.54, 1.807) is 6.07 Å². The first-order valence-electron chi connectivity index (χ1n) is 7.58. The van der Waals surface area contributed by atoms with Crippen LogP contribution in [0.25, 0.3) is 0 Å². The van der Waals surface area contributed by atoms with Crippen molar-refractivity contribution < 1.29 is 14.5 Å². The van der Waals surface area contributed by atoms with E-state index in [-0.39, 0.29) is 17.5 Å². The molecule has 1 amide bonds. The molecule has 1 unspecified atom stereocenters. The molecule has 0 bridgehead atoms. The Balaban J connectivity index is 2.45. The van der Waals surface area contributed by atoms with Gasteiger partial charge < -0.3 is 19.9 Å². The van der Waals surface area contributed by atoms with Gasteiger partial charge in [0.05, 0.1) is 23.4 Å². The lowest BCUT2D eigenvalue weighted by Crippen LogP contribution is -2.53. The molecule has 1 aromatic carbocycles. The molecule has 0 spiro atoms. The molecule has 1 atom stereocenters. The van der Waals surface area contributed by atoms with Gasteiger partial charge in [0, 0.05) is 31.3 Å². The van der Waals surface area contributed by atoms with Gasteiger partial charge in [0.2, 0.25) is 5.91 Å². The van der Waals surface area contributed by atoms with Gasteiger partial charge in [-0.3, -0.25) is 14.9 Å². The summed E-state index contributed by atoms with van der Waals surface area (Å²) in [6, 6.07) is 3.23. The highest BCUT2D eigenvalue weighted by Crippen LogP contribution is 2.41. The second kappa shape index (κ2) is 7.31. The Hall–Kier alpha value is -2.61. The van der Waals surface area contributed by atoms with Crippen LogP contribution in [0.15, 0.2) is 24.8 Å². The maximum atomic E-state index is 11.7. The first kappa shape index (κ1) is 17.7. The molecule has 24 heavy (non-hydrogen) atoms. The Morgan fingerprint density at radius 2 is 2.29 bits per heavy atom. The number of carbonyl (C=O) groups is 1. The number of nitrogens with one attached hydrogen (secondary N) is 1. The Kier molecular flexibility index (Phi) is 5.40. The second-order valence-corrected chi connectivity index (χ2v) is 5.89. The zero-order valence-electron chi connectivity index (χ0n) is 14.1. The fourth-order valence-corrected chi connectivity index (χ4v) is 2.75. The lowest BCUT2D eigenvalue weighted by molar-refractivity contribution is -0.385. The van der Waals surface area contributed by atoms with Crippen LogP contribution in [0.4, 0.5) is 17.1 Å². The Morgan fingerprint density at radius 1 is 1.58 bits per heavy atom. The van der Waals surface area contributed by atoms with E-state index >= 15 is 0 Å². The van der Waals surface area contributed by atoms with Gasteiger partial charge in [-0.1, -0.05) is 6.58 Å². The first-order chi connectivity index (χ1) is 11.4. The molecule has 1 aliphatic heterocycles. The normalized spacial score (nSPS) is 16.5. The van der Waals surface area contributed by atoms with Crippen LogP contribution in [0.5, 0.6) is 5.75 Å². The summed E-state index contributed by atoms with van der Waals surface area (Å²) in [5.74, 6) is -0.248. The maximum absolute atomic E-state index is 11.7. The van der Waals surface area contributed by atoms with Crippen LogP contribution in [-0.2, 0) is 4.79 Å². The number of nitrogens with zero attached hydrogens (tertiary/aromatic N) is 3. The molecule has 1 aliphatic rings. The average Bonchev–Trinajstić information content (AvgIpc) is 2.52. The van der Waals surface area contributed by atoms with Gasteiger partial charge >= 0.3 is 5.69 Å². The third kappa shape index (κ3) is 3.65. The highest BCUT2D eigenvalue weighted by molar-refractivity contribution is 6.02. The molecule has 1 saturated heterocycles. The molecular weight excluding hydrogens is 312 g/mol. The van der Waals surface area contributed by atoms with Gasteiger partial charge in [-0.15, -0.1) is 0 Å². The van der Waals surface area contributed by atoms with Crippen LogP contribution in [0, 0.1) is 10.1 Å². The molecule has 1 heterocycles. The quantitative estimate of drug-likeness (QED) is 0.465. The van der Waals surface area contributed by atoms with E-state index in [0.29, 0.717) is 11.4 Å². The summed E-state index contributed by atoms with van der Waals surface area (Å²) in [6.45, 7) is 5.09. The summed E-state index contributed by atoms with van der Waals surface area (Å²) in [6.07, 6.45) is 2.15. The van der Waals surface area contributed by atoms with Crippen molar-refractivity contribution in [1.82, 2.24) is 4.90 Å². The third-order valence-electron chi connectivity index (χ3n) is 3.97. The number of hydrogen-bond donors (Lipinski definition) is 1. The maximum Gasteiger partial charge on any atom is 0.313 e. The molecule has 1 fully saturated rings. The Labute approximate surface area is 140 Å². The van der Waals surface area contributed by atoms with Crippen molar-refractivity contribution in [2.24, 2.45) is 0 Å². The fraction of sp³-hybridized carbons (Fsp3) is 0.438. The van der Waals surface area contributed by atoms with Crippen LogP contribution < -0.4 is 15.0 Å². The minimum absolute atomic E-state index is 0.169. The summed E-state index contributed by atoms with van der Waals surface area (Å²) in [7, 11) is 5.38. The van der Waals surface area contributed by atoms with Crippen LogP contribution in [0.2, 0.25) is 0 Å². The number of carbonyl (C=O) groups excluding carboxylic acids is 1. The minimum atomic E-state index is -0.528. The summed E-state index contributed by atoms with van der Waals surface area (Å²) < 4.78 is 5.16. The van der Waals surface area contributed by atoms with Gasteiger partial charge in [-0.05, 0) is 26.6 Å². The number of nitro benzene ring substituents is 1. The molecule has 2 rings (SSSR count). The number of rotatable bonds is 7. The zero-order chi connectivity index (χ0) is 17.9. The molecule has 0 saturated carbocycles. The van der Waals surface area contributed by atoms with E-state index in [1.807, 2.05) is 14.1 Å². The minimum Gasteiger partial charge on any atom is -0.490 e. The van der Waals surface area contributed by atoms with Crippen molar-refractivity contribution in [2.75, 3.05) is 44.5 Å². The molecule has 8 heteroatoms. The topological polar surface area (TPSA) is 87.9 Å².